The van der Waals surface area contributed by atoms with Gasteiger partial charge in [-0.1, -0.05) is 0 Å². The lowest BCUT2D eigenvalue weighted by Crippen LogP contribution is -2.49. The number of amides is 2. The van der Waals surface area contributed by atoms with Gasteiger partial charge in [0.15, 0.2) is 0 Å². The lowest BCUT2D eigenvalue weighted by atomic mass is 9.83. The number of likely N-dealkylation sites (tertiary alicyclic amines) is 1. The van der Waals surface area contributed by atoms with E-state index in [1.54, 1.807) is 66.3 Å². The fourth-order valence-corrected chi connectivity index (χ4v) is 5.01. The van der Waals surface area contributed by atoms with Gasteiger partial charge in [0.1, 0.15) is 11.4 Å². The van der Waals surface area contributed by atoms with Crippen molar-refractivity contribution in [2.24, 2.45) is 5.92 Å². The van der Waals surface area contributed by atoms with Gasteiger partial charge in [-0.25, -0.2) is 0 Å². The van der Waals surface area contributed by atoms with Crippen LogP contribution in [0.5, 0.6) is 5.75 Å². The molecule has 2 aromatic carbocycles. The van der Waals surface area contributed by atoms with Crippen molar-refractivity contribution in [2.45, 2.75) is 18.9 Å². The summed E-state index contributed by atoms with van der Waals surface area (Å²) in [5, 5.41) is 11.6. The number of hydrogen-bond acceptors (Lipinski definition) is 5. The quantitative estimate of drug-likeness (QED) is 0.633. The van der Waals surface area contributed by atoms with Crippen molar-refractivity contribution < 1.29 is 14.3 Å². The fourth-order valence-electron chi connectivity index (χ4n) is 5.01. The van der Waals surface area contributed by atoms with Crippen molar-refractivity contribution in [3.8, 4) is 11.8 Å². The van der Waals surface area contributed by atoms with Crippen LogP contribution in [0.25, 0.3) is 0 Å². The predicted molar refractivity (Wildman–Crippen MR) is 130 cm³/mol. The number of fused-ring (bicyclic) bond motifs is 4. The molecule has 1 aromatic heterocycles. The van der Waals surface area contributed by atoms with Crippen LogP contribution < -0.4 is 15.6 Å². The predicted octanol–water partition coefficient (Wildman–Crippen LogP) is 3.24. The zero-order chi connectivity index (χ0) is 24.5. The van der Waals surface area contributed by atoms with Gasteiger partial charge in [0.2, 0.25) is 0 Å². The molecule has 2 amide bonds. The third-order valence-electron chi connectivity index (χ3n) is 6.75. The van der Waals surface area contributed by atoms with Gasteiger partial charge in [-0.05, 0) is 73.0 Å². The molecule has 0 aliphatic carbocycles. The van der Waals surface area contributed by atoms with E-state index in [0.717, 1.165) is 12.1 Å². The monoisotopic (exact) mass is 468 g/mol. The van der Waals surface area contributed by atoms with Crippen LogP contribution in [-0.4, -0.2) is 41.5 Å². The van der Waals surface area contributed by atoms with Gasteiger partial charge in [-0.2, -0.15) is 5.26 Å². The molecule has 0 spiro atoms. The Balaban J connectivity index is 1.34. The Hall–Kier alpha value is -4.38. The highest BCUT2D eigenvalue weighted by atomic mass is 16.5. The standard InChI is InChI=1S/C27H24N4O4/c1-35-22-8-6-20(7-9-22)26(33)30-14-18-12-21(16-30)24-11-10-23(27(34)31(24)15-18)29-25(32)19-4-2-17(13-28)3-5-19/h2-11,18,21H,12,14-16H2,1H3,(H,29,32)/t18-,21-/m1/s1. The molecule has 35 heavy (non-hydrogen) atoms. The highest BCUT2D eigenvalue weighted by Crippen LogP contribution is 2.36. The highest BCUT2D eigenvalue weighted by molar-refractivity contribution is 6.04. The van der Waals surface area contributed by atoms with Crippen LogP contribution in [0.15, 0.2) is 65.5 Å². The Morgan fingerprint density at radius 3 is 2.37 bits per heavy atom. The number of ether oxygens (including phenoxy) is 1. The Labute approximate surface area is 202 Å². The summed E-state index contributed by atoms with van der Waals surface area (Å²) in [6.07, 6.45) is 0.919. The number of nitriles is 1. The minimum Gasteiger partial charge on any atom is -0.497 e. The van der Waals surface area contributed by atoms with Crippen molar-refractivity contribution in [2.75, 3.05) is 25.5 Å². The maximum Gasteiger partial charge on any atom is 0.274 e. The average molecular weight is 469 g/mol. The van der Waals surface area contributed by atoms with Crippen LogP contribution in [0.4, 0.5) is 5.69 Å². The van der Waals surface area contributed by atoms with Gasteiger partial charge in [0, 0.05) is 42.4 Å². The summed E-state index contributed by atoms with van der Waals surface area (Å²) in [6.45, 7) is 1.62. The van der Waals surface area contributed by atoms with E-state index < -0.39 is 5.91 Å². The zero-order valence-electron chi connectivity index (χ0n) is 19.2. The number of rotatable bonds is 4. The second-order valence-corrected chi connectivity index (χ2v) is 8.97. The minimum absolute atomic E-state index is 0.0237. The molecule has 1 N–H and O–H groups in total. The molecule has 1 fully saturated rings. The molecule has 2 aliphatic heterocycles. The van der Waals surface area contributed by atoms with E-state index in [9.17, 15) is 14.4 Å². The number of methoxy groups -OCH3 is 1. The zero-order valence-corrected chi connectivity index (χ0v) is 19.2. The number of nitrogens with zero attached hydrogens (tertiary/aromatic N) is 3. The SMILES string of the molecule is COc1ccc(C(=O)N2C[C@H]3C[C@H](C2)c2ccc(NC(=O)c4ccc(C#N)cc4)c(=O)n2C3)cc1. The smallest absolute Gasteiger partial charge is 0.274 e. The first-order chi connectivity index (χ1) is 17.0. The highest BCUT2D eigenvalue weighted by Gasteiger charge is 2.37. The van der Waals surface area contributed by atoms with Gasteiger partial charge in [-0.3, -0.25) is 14.4 Å². The lowest BCUT2D eigenvalue weighted by molar-refractivity contribution is 0.0594. The molecular weight excluding hydrogens is 444 g/mol. The summed E-state index contributed by atoms with van der Waals surface area (Å²) in [5.74, 6) is 0.489. The normalized spacial score (nSPS) is 18.2. The van der Waals surface area contributed by atoms with E-state index in [-0.39, 0.29) is 29.0 Å². The minimum atomic E-state index is -0.403. The molecule has 176 valence electrons. The van der Waals surface area contributed by atoms with Crippen LogP contribution >= 0.6 is 0 Å². The molecule has 1 saturated heterocycles. The van der Waals surface area contributed by atoms with Gasteiger partial charge >= 0.3 is 0 Å². The van der Waals surface area contributed by atoms with E-state index >= 15 is 0 Å². The fraction of sp³-hybridized carbons (Fsp3) is 0.259. The third-order valence-corrected chi connectivity index (χ3v) is 6.75. The number of nitrogens with one attached hydrogen (secondary N) is 1. The third kappa shape index (κ3) is 4.28. The largest absolute Gasteiger partial charge is 0.497 e. The number of piperidine rings is 1. The van der Waals surface area contributed by atoms with Crippen molar-refractivity contribution in [3.05, 3.63) is 93.4 Å². The maximum atomic E-state index is 13.2. The van der Waals surface area contributed by atoms with Gasteiger partial charge in [0.25, 0.3) is 17.4 Å². The first-order valence-corrected chi connectivity index (χ1v) is 11.5. The summed E-state index contributed by atoms with van der Waals surface area (Å²) in [7, 11) is 1.59. The number of pyridine rings is 1. The Bertz CT molecular complexity index is 1390. The summed E-state index contributed by atoms with van der Waals surface area (Å²) in [6, 6.07) is 18.9. The lowest BCUT2D eigenvalue weighted by Gasteiger charge is -2.43. The topological polar surface area (TPSA) is 104 Å². The number of hydrogen-bond donors (Lipinski definition) is 1. The summed E-state index contributed by atoms with van der Waals surface area (Å²) < 4.78 is 6.92. The van der Waals surface area contributed by atoms with Crippen LogP contribution in [-0.2, 0) is 6.54 Å². The number of carbonyl (C=O) groups is 2. The molecule has 0 unspecified atom stereocenters. The molecule has 5 rings (SSSR count). The van der Waals surface area contributed by atoms with Crippen molar-refractivity contribution in [1.82, 2.24) is 9.47 Å². The molecule has 3 aromatic rings. The number of anilines is 1. The molecule has 3 heterocycles. The van der Waals surface area contributed by atoms with Crippen molar-refractivity contribution in [1.29, 1.82) is 5.26 Å². The summed E-state index contributed by atoms with van der Waals surface area (Å²) in [4.78, 5) is 40.8. The average Bonchev–Trinajstić information content (AvgIpc) is 2.90. The van der Waals surface area contributed by atoms with E-state index in [1.807, 2.05) is 17.0 Å². The maximum absolute atomic E-state index is 13.2. The second kappa shape index (κ2) is 9.11. The van der Waals surface area contributed by atoms with Gasteiger partial charge in [-0.15, -0.1) is 0 Å². The Morgan fingerprint density at radius 2 is 1.69 bits per heavy atom. The van der Waals surface area contributed by atoms with Crippen molar-refractivity contribution in [3.63, 3.8) is 0 Å². The van der Waals surface area contributed by atoms with E-state index in [2.05, 4.69) is 5.32 Å². The summed E-state index contributed by atoms with van der Waals surface area (Å²) in [5.41, 5.74) is 2.30. The molecule has 8 nitrogen and oxygen atoms in total. The van der Waals surface area contributed by atoms with Crippen LogP contribution in [0.3, 0.4) is 0 Å². The molecule has 2 bridgehead atoms. The first-order valence-electron chi connectivity index (χ1n) is 11.5. The van der Waals surface area contributed by atoms with E-state index in [1.165, 1.54) is 0 Å². The molecule has 2 atom stereocenters. The first kappa shape index (κ1) is 22.4. The number of benzene rings is 2. The molecule has 0 radical (unpaired) electrons. The van der Waals surface area contributed by atoms with Crippen LogP contribution in [0, 0.1) is 17.2 Å². The second-order valence-electron chi connectivity index (χ2n) is 8.97. The number of carbonyl (C=O) groups excluding carboxylic acids is 2. The molecule has 8 heteroatoms. The molecule has 2 aliphatic rings. The van der Waals surface area contributed by atoms with Gasteiger partial charge in [0.05, 0.1) is 18.7 Å². The Kier molecular flexibility index (Phi) is 5.83. The molecular formula is C27H24N4O4. The van der Waals surface area contributed by atoms with Crippen molar-refractivity contribution >= 4 is 17.5 Å². The van der Waals surface area contributed by atoms with Crippen LogP contribution in [0.1, 0.15) is 44.3 Å². The number of aromatic nitrogens is 1. The van der Waals surface area contributed by atoms with Gasteiger partial charge < -0.3 is 19.5 Å². The van der Waals surface area contributed by atoms with E-state index in [4.69, 9.17) is 10.00 Å². The Morgan fingerprint density at radius 1 is 0.971 bits per heavy atom. The van der Waals surface area contributed by atoms with E-state index in [0.29, 0.717) is 42.1 Å². The van der Waals surface area contributed by atoms with Crippen LogP contribution in [0.2, 0.25) is 0 Å². The molecule has 0 saturated carbocycles. The summed E-state index contributed by atoms with van der Waals surface area (Å²) >= 11 is 0.